The molecule has 0 saturated heterocycles. The standard InChI is InChI=1S/C13H20N6O2S/c1-13(2,18-22(3,20)21)8-14-10-6-7-11-15-16-12(9-4-5-9)19(11)17-10/h6-7,9,18H,4-5,8H2,1-3H3,(H,14,17). The van der Waals surface area contributed by atoms with E-state index in [1.54, 1.807) is 4.52 Å². The lowest BCUT2D eigenvalue weighted by molar-refractivity contribution is 0.475. The Labute approximate surface area is 129 Å². The van der Waals surface area contributed by atoms with E-state index >= 15 is 0 Å². The molecule has 0 aliphatic heterocycles. The normalized spacial score (nSPS) is 16.1. The molecule has 0 aromatic carbocycles. The van der Waals surface area contributed by atoms with Gasteiger partial charge in [0.05, 0.1) is 6.26 Å². The first kappa shape index (κ1) is 15.2. The van der Waals surface area contributed by atoms with Gasteiger partial charge < -0.3 is 5.32 Å². The molecule has 2 aromatic heterocycles. The average molecular weight is 324 g/mol. The summed E-state index contributed by atoms with van der Waals surface area (Å²) in [5.74, 6) is 2.02. The summed E-state index contributed by atoms with van der Waals surface area (Å²) in [5.41, 5.74) is 0.109. The predicted octanol–water partition coefficient (Wildman–Crippen LogP) is 0.741. The van der Waals surface area contributed by atoms with Crippen LogP contribution in [0.3, 0.4) is 0 Å². The first-order valence-electron chi connectivity index (χ1n) is 7.19. The van der Waals surface area contributed by atoms with Crippen molar-refractivity contribution in [3.63, 3.8) is 0 Å². The van der Waals surface area contributed by atoms with Gasteiger partial charge in [0.25, 0.3) is 0 Å². The van der Waals surface area contributed by atoms with Crippen molar-refractivity contribution in [2.75, 3.05) is 18.1 Å². The lowest BCUT2D eigenvalue weighted by Crippen LogP contribution is -2.47. The van der Waals surface area contributed by atoms with Gasteiger partial charge >= 0.3 is 0 Å². The highest BCUT2D eigenvalue weighted by Gasteiger charge is 2.29. The van der Waals surface area contributed by atoms with E-state index in [4.69, 9.17) is 0 Å². The average Bonchev–Trinajstić information content (AvgIpc) is 3.14. The van der Waals surface area contributed by atoms with Crippen LogP contribution in [0, 0.1) is 0 Å². The number of rotatable bonds is 6. The monoisotopic (exact) mass is 324 g/mol. The van der Waals surface area contributed by atoms with Gasteiger partial charge in [-0.25, -0.2) is 13.1 Å². The van der Waals surface area contributed by atoms with E-state index in [-0.39, 0.29) is 0 Å². The highest BCUT2D eigenvalue weighted by molar-refractivity contribution is 7.88. The van der Waals surface area contributed by atoms with Crippen LogP contribution in [0.5, 0.6) is 0 Å². The smallest absolute Gasteiger partial charge is 0.209 e. The van der Waals surface area contributed by atoms with Gasteiger partial charge in [-0.1, -0.05) is 0 Å². The second-order valence-electron chi connectivity index (χ2n) is 6.43. The van der Waals surface area contributed by atoms with Crippen molar-refractivity contribution in [1.82, 2.24) is 24.5 Å². The molecule has 0 unspecified atom stereocenters. The number of nitrogens with zero attached hydrogens (tertiary/aromatic N) is 4. The lowest BCUT2D eigenvalue weighted by atomic mass is 10.1. The molecule has 0 spiro atoms. The van der Waals surface area contributed by atoms with E-state index in [2.05, 4.69) is 25.3 Å². The molecular formula is C13H20N6O2S. The molecule has 1 saturated carbocycles. The number of anilines is 1. The second kappa shape index (κ2) is 5.17. The number of nitrogens with one attached hydrogen (secondary N) is 2. The van der Waals surface area contributed by atoms with Crippen molar-refractivity contribution in [3.8, 4) is 0 Å². The molecule has 8 nitrogen and oxygen atoms in total. The molecule has 0 radical (unpaired) electrons. The first-order chi connectivity index (χ1) is 10.2. The molecule has 0 amide bonds. The van der Waals surface area contributed by atoms with E-state index in [0.29, 0.717) is 18.3 Å². The molecule has 9 heteroatoms. The van der Waals surface area contributed by atoms with Crippen LogP contribution in [0.25, 0.3) is 5.65 Å². The van der Waals surface area contributed by atoms with Crippen LogP contribution in [0.4, 0.5) is 5.82 Å². The number of hydrogen-bond donors (Lipinski definition) is 2. The highest BCUT2D eigenvalue weighted by atomic mass is 32.2. The van der Waals surface area contributed by atoms with Gasteiger partial charge in [0.2, 0.25) is 10.0 Å². The summed E-state index contributed by atoms with van der Waals surface area (Å²) in [6, 6.07) is 3.67. The summed E-state index contributed by atoms with van der Waals surface area (Å²) in [6.45, 7) is 4.04. The highest BCUT2D eigenvalue weighted by Crippen LogP contribution is 2.38. The zero-order chi connectivity index (χ0) is 16.0. The summed E-state index contributed by atoms with van der Waals surface area (Å²) in [6.07, 6.45) is 3.41. The largest absolute Gasteiger partial charge is 0.367 e. The van der Waals surface area contributed by atoms with Gasteiger partial charge in [0.15, 0.2) is 11.5 Å². The topological polar surface area (TPSA) is 101 Å². The van der Waals surface area contributed by atoms with Crippen LogP contribution in [0.15, 0.2) is 12.1 Å². The Morgan fingerprint density at radius 3 is 2.68 bits per heavy atom. The van der Waals surface area contributed by atoms with Crippen LogP contribution in [-0.2, 0) is 10.0 Å². The Kier molecular flexibility index (Phi) is 3.56. The maximum Gasteiger partial charge on any atom is 0.209 e. The lowest BCUT2D eigenvalue weighted by Gasteiger charge is -2.25. The predicted molar refractivity (Wildman–Crippen MR) is 83.3 cm³/mol. The third-order valence-corrected chi connectivity index (χ3v) is 4.33. The molecule has 0 atom stereocenters. The first-order valence-corrected chi connectivity index (χ1v) is 9.08. The van der Waals surface area contributed by atoms with Crippen molar-refractivity contribution < 1.29 is 8.42 Å². The zero-order valence-corrected chi connectivity index (χ0v) is 13.7. The van der Waals surface area contributed by atoms with Gasteiger partial charge in [-0.3, -0.25) is 0 Å². The van der Waals surface area contributed by atoms with Gasteiger partial charge in [-0.2, -0.15) is 4.52 Å². The number of hydrogen-bond acceptors (Lipinski definition) is 6. The van der Waals surface area contributed by atoms with Gasteiger partial charge in [-0.15, -0.1) is 15.3 Å². The summed E-state index contributed by atoms with van der Waals surface area (Å²) < 4.78 is 27.0. The molecule has 2 aromatic rings. The van der Waals surface area contributed by atoms with Crippen LogP contribution in [-0.4, -0.2) is 46.6 Å². The molecule has 0 bridgehead atoms. The second-order valence-corrected chi connectivity index (χ2v) is 8.18. The summed E-state index contributed by atoms with van der Waals surface area (Å²) in [4.78, 5) is 0. The molecular weight excluding hydrogens is 304 g/mol. The minimum absolute atomic E-state index is 0.416. The van der Waals surface area contributed by atoms with Crippen molar-refractivity contribution >= 4 is 21.5 Å². The fraction of sp³-hybridized carbons (Fsp3) is 0.615. The SMILES string of the molecule is CC(C)(CNc1ccc2nnc(C3CC3)n2n1)NS(C)(=O)=O. The number of aromatic nitrogens is 4. The van der Waals surface area contributed by atoms with Gasteiger partial charge in [0, 0.05) is 18.0 Å². The molecule has 1 fully saturated rings. The van der Waals surface area contributed by atoms with Crippen molar-refractivity contribution in [3.05, 3.63) is 18.0 Å². The van der Waals surface area contributed by atoms with Crippen LogP contribution >= 0.6 is 0 Å². The molecule has 3 rings (SSSR count). The van der Waals surface area contributed by atoms with Crippen molar-refractivity contribution in [1.29, 1.82) is 0 Å². The molecule has 1 aliphatic rings. The number of sulfonamides is 1. The Bertz CT molecular complexity index is 794. The molecule has 1 aliphatic carbocycles. The maximum absolute atomic E-state index is 11.3. The quantitative estimate of drug-likeness (QED) is 0.813. The molecule has 120 valence electrons. The Morgan fingerprint density at radius 2 is 2.05 bits per heavy atom. The minimum atomic E-state index is -3.26. The summed E-state index contributed by atoms with van der Waals surface area (Å²) >= 11 is 0. The summed E-state index contributed by atoms with van der Waals surface area (Å²) in [7, 11) is -3.26. The van der Waals surface area contributed by atoms with Crippen LogP contribution in [0.2, 0.25) is 0 Å². The maximum atomic E-state index is 11.3. The van der Waals surface area contributed by atoms with Crippen molar-refractivity contribution in [2.24, 2.45) is 0 Å². The fourth-order valence-corrected chi connectivity index (χ4v) is 3.42. The van der Waals surface area contributed by atoms with E-state index in [0.717, 1.165) is 30.6 Å². The van der Waals surface area contributed by atoms with Gasteiger partial charge in [-0.05, 0) is 38.8 Å². The fourth-order valence-electron chi connectivity index (χ4n) is 2.35. The molecule has 2 heterocycles. The Balaban J connectivity index is 1.75. The third-order valence-electron chi connectivity index (χ3n) is 3.40. The Morgan fingerprint density at radius 1 is 1.32 bits per heavy atom. The van der Waals surface area contributed by atoms with E-state index in [1.807, 2.05) is 26.0 Å². The van der Waals surface area contributed by atoms with E-state index in [9.17, 15) is 8.42 Å². The van der Waals surface area contributed by atoms with Gasteiger partial charge in [0.1, 0.15) is 5.82 Å². The summed E-state index contributed by atoms with van der Waals surface area (Å²) in [5, 5.41) is 16.0. The van der Waals surface area contributed by atoms with Crippen LogP contribution in [0.1, 0.15) is 38.4 Å². The zero-order valence-electron chi connectivity index (χ0n) is 12.9. The Hall–Kier alpha value is -1.74. The van der Waals surface area contributed by atoms with E-state index in [1.165, 1.54) is 0 Å². The van der Waals surface area contributed by atoms with Crippen molar-refractivity contribution in [2.45, 2.75) is 38.1 Å². The molecule has 2 N–H and O–H groups in total. The minimum Gasteiger partial charge on any atom is -0.367 e. The molecule has 22 heavy (non-hydrogen) atoms. The van der Waals surface area contributed by atoms with E-state index < -0.39 is 15.6 Å². The number of fused-ring (bicyclic) bond motifs is 1. The third kappa shape index (κ3) is 3.53. The van der Waals surface area contributed by atoms with Crippen LogP contribution < -0.4 is 10.0 Å².